The second-order valence-corrected chi connectivity index (χ2v) is 6.54. The molecule has 2 fully saturated rings. The Hall–Kier alpha value is -1.39. The summed E-state index contributed by atoms with van der Waals surface area (Å²) in [5.74, 6) is 0.753. The Balaban J connectivity index is 1.88. The maximum Gasteiger partial charge on any atom is 0.238 e. The standard InChI is InChI=1S/C17H25N3O/c1-12-6-4-5-7-14(12)17-18-10-16(21)20(17)15-8-9-19(3)11-13(15)2/h4-7,13,15,17-18H,8-11H2,1-3H3. The van der Waals surface area contributed by atoms with Gasteiger partial charge in [-0.2, -0.15) is 0 Å². The molecule has 21 heavy (non-hydrogen) atoms. The van der Waals surface area contributed by atoms with Gasteiger partial charge in [-0.3, -0.25) is 10.1 Å². The van der Waals surface area contributed by atoms with Gasteiger partial charge in [0.1, 0.15) is 6.17 Å². The minimum Gasteiger partial charge on any atom is -0.318 e. The lowest BCUT2D eigenvalue weighted by atomic mass is 9.91. The zero-order valence-corrected chi connectivity index (χ0v) is 13.2. The van der Waals surface area contributed by atoms with E-state index in [0.29, 0.717) is 18.5 Å². The van der Waals surface area contributed by atoms with Crippen LogP contribution in [0.2, 0.25) is 0 Å². The molecule has 0 radical (unpaired) electrons. The van der Waals surface area contributed by atoms with Crippen LogP contribution in [0.3, 0.4) is 0 Å². The zero-order chi connectivity index (χ0) is 15.0. The molecule has 1 N–H and O–H groups in total. The fourth-order valence-corrected chi connectivity index (χ4v) is 3.80. The largest absolute Gasteiger partial charge is 0.318 e. The van der Waals surface area contributed by atoms with Gasteiger partial charge in [-0.05, 0) is 44.0 Å². The van der Waals surface area contributed by atoms with Crippen molar-refractivity contribution in [2.75, 3.05) is 26.7 Å². The van der Waals surface area contributed by atoms with Crippen molar-refractivity contribution >= 4 is 5.91 Å². The van der Waals surface area contributed by atoms with E-state index in [4.69, 9.17) is 0 Å². The first-order valence-electron chi connectivity index (χ1n) is 7.86. The molecule has 0 spiro atoms. The molecular formula is C17H25N3O. The van der Waals surface area contributed by atoms with Gasteiger partial charge in [0.05, 0.1) is 6.54 Å². The van der Waals surface area contributed by atoms with E-state index in [0.717, 1.165) is 19.5 Å². The molecule has 0 saturated carbocycles. The molecular weight excluding hydrogens is 262 g/mol. The molecule has 114 valence electrons. The van der Waals surface area contributed by atoms with Crippen LogP contribution in [0.25, 0.3) is 0 Å². The molecule has 4 nitrogen and oxygen atoms in total. The number of likely N-dealkylation sites (tertiary alicyclic amines) is 1. The average Bonchev–Trinajstić information content (AvgIpc) is 2.81. The first-order valence-corrected chi connectivity index (χ1v) is 7.86. The van der Waals surface area contributed by atoms with Gasteiger partial charge in [-0.1, -0.05) is 31.2 Å². The Bertz CT molecular complexity index is 531. The fourth-order valence-electron chi connectivity index (χ4n) is 3.80. The van der Waals surface area contributed by atoms with Crippen molar-refractivity contribution in [1.82, 2.24) is 15.1 Å². The van der Waals surface area contributed by atoms with Gasteiger partial charge in [0.2, 0.25) is 5.91 Å². The van der Waals surface area contributed by atoms with E-state index in [-0.39, 0.29) is 12.1 Å². The summed E-state index contributed by atoms with van der Waals surface area (Å²) in [6.45, 7) is 6.98. The maximum absolute atomic E-state index is 12.4. The summed E-state index contributed by atoms with van der Waals surface area (Å²) in [6.07, 6.45) is 1.10. The van der Waals surface area contributed by atoms with Crippen LogP contribution in [-0.4, -0.2) is 48.4 Å². The van der Waals surface area contributed by atoms with Gasteiger partial charge in [-0.25, -0.2) is 0 Å². The number of amides is 1. The van der Waals surface area contributed by atoms with Gasteiger partial charge in [0.15, 0.2) is 0 Å². The van der Waals surface area contributed by atoms with Gasteiger partial charge >= 0.3 is 0 Å². The Morgan fingerprint density at radius 3 is 2.76 bits per heavy atom. The summed E-state index contributed by atoms with van der Waals surface area (Å²) < 4.78 is 0. The van der Waals surface area contributed by atoms with E-state index >= 15 is 0 Å². The highest BCUT2D eigenvalue weighted by atomic mass is 16.2. The number of nitrogens with one attached hydrogen (secondary N) is 1. The predicted octanol–water partition coefficient (Wildman–Crippen LogP) is 1.77. The highest BCUT2D eigenvalue weighted by Gasteiger charge is 2.40. The molecule has 2 heterocycles. The monoisotopic (exact) mass is 287 g/mol. The molecule has 4 heteroatoms. The van der Waals surface area contributed by atoms with Crippen LogP contribution < -0.4 is 5.32 Å². The first-order chi connectivity index (χ1) is 10.1. The topological polar surface area (TPSA) is 35.6 Å². The molecule has 3 rings (SSSR count). The third-order valence-corrected chi connectivity index (χ3v) is 4.92. The highest BCUT2D eigenvalue weighted by Crippen LogP contribution is 2.32. The summed E-state index contributed by atoms with van der Waals surface area (Å²) in [5, 5.41) is 3.41. The van der Waals surface area contributed by atoms with Crippen LogP contribution in [-0.2, 0) is 4.79 Å². The molecule has 1 aromatic rings. The molecule has 1 amide bonds. The Kier molecular flexibility index (Phi) is 4.00. The summed E-state index contributed by atoms with van der Waals surface area (Å²) >= 11 is 0. The number of carbonyl (C=O) groups excluding carboxylic acids is 1. The number of hydrogen-bond acceptors (Lipinski definition) is 3. The Morgan fingerprint density at radius 2 is 2.05 bits per heavy atom. The smallest absolute Gasteiger partial charge is 0.238 e. The van der Waals surface area contributed by atoms with Crippen molar-refractivity contribution in [3.05, 3.63) is 35.4 Å². The van der Waals surface area contributed by atoms with Crippen LogP contribution in [0.4, 0.5) is 0 Å². The predicted molar refractivity (Wildman–Crippen MR) is 83.8 cm³/mol. The number of hydrogen-bond donors (Lipinski definition) is 1. The number of nitrogens with zero attached hydrogens (tertiary/aromatic N) is 2. The normalized spacial score (nSPS) is 30.9. The molecule has 3 unspecified atom stereocenters. The molecule has 1 aromatic carbocycles. The van der Waals surface area contributed by atoms with Crippen LogP contribution >= 0.6 is 0 Å². The molecule has 2 aliphatic rings. The third kappa shape index (κ3) is 2.70. The van der Waals surface area contributed by atoms with Crippen LogP contribution in [0.1, 0.15) is 30.6 Å². The number of aryl methyl sites for hydroxylation is 1. The number of benzene rings is 1. The SMILES string of the molecule is Cc1ccccc1C1NCC(=O)N1C1CCN(C)CC1C. The minimum atomic E-state index is 0.0366. The zero-order valence-electron chi connectivity index (χ0n) is 13.2. The van der Waals surface area contributed by atoms with Gasteiger partial charge < -0.3 is 9.80 Å². The molecule has 0 bridgehead atoms. The van der Waals surface area contributed by atoms with E-state index in [9.17, 15) is 4.79 Å². The summed E-state index contributed by atoms with van der Waals surface area (Å²) in [4.78, 5) is 16.9. The second-order valence-electron chi connectivity index (χ2n) is 6.54. The van der Waals surface area contributed by atoms with Crippen molar-refractivity contribution in [2.45, 2.75) is 32.5 Å². The molecule has 2 aliphatic heterocycles. The van der Waals surface area contributed by atoms with E-state index in [1.807, 2.05) is 0 Å². The lowest BCUT2D eigenvalue weighted by molar-refractivity contribution is -0.132. The van der Waals surface area contributed by atoms with Gasteiger partial charge in [-0.15, -0.1) is 0 Å². The van der Waals surface area contributed by atoms with Crippen molar-refractivity contribution in [2.24, 2.45) is 5.92 Å². The van der Waals surface area contributed by atoms with Crippen molar-refractivity contribution < 1.29 is 4.79 Å². The molecule has 0 aromatic heterocycles. The first kappa shape index (κ1) is 14.5. The van der Waals surface area contributed by atoms with E-state index < -0.39 is 0 Å². The average molecular weight is 287 g/mol. The van der Waals surface area contributed by atoms with Crippen molar-refractivity contribution in [1.29, 1.82) is 0 Å². The Labute approximate surface area is 127 Å². The lowest BCUT2D eigenvalue weighted by Crippen LogP contribution is -2.51. The van der Waals surface area contributed by atoms with E-state index in [1.165, 1.54) is 11.1 Å². The quantitative estimate of drug-likeness (QED) is 0.900. The lowest BCUT2D eigenvalue weighted by Gasteiger charge is -2.42. The summed E-state index contributed by atoms with van der Waals surface area (Å²) in [6, 6.07) is 8.71. The minimum absolute atomic E-state index is 0.0366. The number of piperidine rings is 1. The van der Waals surface area contributed by atoms with Crippen LogP contribution in [0.5, 0.6) is 0 Å². The molecule has 0 aliphatic carbocycles. The van der Waals surface area contributed by atoms with Gasteiger partial charge in [0, 0.05) is 12.6 Å². The van der Waals surface area contributed by atoms with Crippen LogP contribution in [0.15, 0.2) is 24.3 Å². The highest BCUT2D eigenvalue weighted by molar-refractivity contribution is 5.81. The molecule has 2 saturated heterocycles. The fraction of sp³-hybridized carbons (Fsp3) is 0.588. The number of carbonyl (C=O) groups is 1. The summed E-state index contributed by atoms with van der Waals surface area (Å²) in [7, 11) is 2.16. The van der Waals surface area contributed by atoms with E-state index in [1.54, 1.807) is 0 Å². The maximum atomic E-state index is 12.4. The van der Waals surface area contributed by atoms with Crippen molar-refractivity contribution in [3.63, 3.8) is 0 Å². The second kappa shape index (κ2) is 5.78. The van der Waals surface area contributed by atoms with Gasteiger partial charge in [0.25, 0.3) is 0 Å². The Morgan fingerprint density at radius 1 is 1.29 bits per heavy atom. The van der Waals surface area contributed by atoms with E-state index in [2.05, 4.69) is 60.3 Å². The van der Waals surface area contributed by atoms with Crippen LogP contribution in [0, 0.1) is 12.8 Å². The summed E-state index contributed by atoms with van der Waals surface area (Å²) in [5.41, 5.74) is 2.48. The third-order valence-electron chi connectivity index (χ3n) is 4.92. The molecule has 3 atom stereocenters. The van der Waals surface area contributed by atoms with Crippen molar-refractivity contribution in [3.8, 4) is 0 Å². The number of rotatable bonds is 2.